The third kappa shape index (κ3) is 4.62. The summed E-state index contributed by atoms with van der Waals surface area (Å²) in [5.41, 5.74) is 9.40. The Hall–Kier alpha value is -2.53. The molecule has 1 unspecified atom stereocenters. The van der Waals surface area contributed by atoms with Gasteiger partial charge in [0.2, 0.25) is 0 Å². The van der Waals surface area contributed by atoms with Crippen LogP contribution in [0.2, 0.25) is 0 Å². The van der Waals surface area contributed by atoms with E-state index in [1.165, 1.54) is 23.2 Å². The minimum atomic E-state index is -0.0635. The first-order valence-corrected chi connectivity index (χ1v) is 11.2. The van der Waals surface area contributed by atoms with Crippen LogP contribution in [0.15, 0.2) is 59.4 Å². The quantitative estimate of drug-likeness (QED) is 0.405. The summed E-state index contributed by atoms with van der Waals surface area (Å²) >= 11 is 0. The Morgan fingerprint density at radius 1 is 1.23 bits per heavy atom. The van der Waals surface area contributed by atoms with E-state index in [2.05, 4.69) is 84.6 Å². The zero-order valence-electron chi connectivity index (χ0n) is 18.6. The van der Waals surface area contributed by atoms with Gasteiger partial charge in [-0.25, -0.2) is 4.99 Å². The number of anilines is 1. The number of hydrazine groups is 1. The monoisotopic (exact) mass is 405 g/mol. The minimum Gasteiger partial charge on any atom is -0.375 e. The number of nitrogens with zero attached hydrogens (tertiary/aromatic N) is 3. The number of nitrogens with one attached hydrogen (secondary N) is 2. The third-order valence-corrected chi connectivity index (χ3v) is 6.42. The molecule has 1 aliphatic carbocycles. The van der Waals surface area contributed by atoms with Gasteiger partial charge in [-0.15, -0.1) is 0 Å². The van der Waals surface area contributed by atoms with E-state index in [-0.39, 0.29) is 6.17 Å². The second-order valence-corrected chi connectivity index (χ2v) is 8.80. The van der Waals surface area contributed by atoms with Crippen LogP contribution in [0.25, 0.3) is 0 Å². The second-order valence-electron chi connectivity index (χ2n) is 8.80. The lowest BCUT2D eigenvalue weighted by atomic mass is 9.97. The normalized spacial score (nSPS) is 22.9. The standard InChI is InChI=1S/C25H35N5/c1-18-12-13-23-22(16-18)25(29(4)28-23)27-24(17-19(2)30-14-9-15-30)26-20(3)21-10-7-5-6-8-11-21/h5-6,12-13,16-17,21,25,28H,3,7-11,14-15H2,1-2,4H3,(H,26,27)/b19-17+. The maximum absolute atomic E-state index is 5.17. The van der Waals surface area contributed by atoms with Gasteiger partial charge in [0.15, 0.2) is 0 Å². The molecular weight excluding hydrogens is 370 g/mol. The largest absolute Gasteiger partial charge is 0.375 e. The number of aliphatic imine (C=N–C) groups is 1. The van der Waals surface area contributed by atoms with Crippen molar-refractivity contribution in [3.05, 3.63) is 65.5 Å². The highest BCUT2D eigenvalue weighted by atomic mass is 15.6. The van der Waals surface area contributed by atoms with E-state index in [9.17, 15) is 0 Å². The molecule has 1 aromatic rings. The average Bonchev–Trinajstić information content (AvgIpc) is 2.85. The first kappa shape index (κ1) is 20.7. The number of benzene rings is 1. The summed E-state index contributed by atoms with van der Waals surface area (Å²) in [5, 5.41) is 5.69. The molecule has 1 atom stereocenters. The lowest BCUT2D eigenvalue weighted by Gasteiger charge is -2.34. The maximum Gasteiger partial charge on any atom is 0.148 e. The van der Waals surface area contributed by atoms with Crippen LogP contribution in [0.1, 0.15) is 56.3 Å². The predicted octanol–water partition coefficient (Wildman–Crippen LogP) is 5.12. The molecule has 0 radical (unpaired) electrons. The fourth-order valence-electron chi connectivity index (χ4n) is 4.40. The molecule has 3 aliphatic rings. The summed E-state index contributed by atoms with van der Waals surface area (Å²) < 4.78 is 0. The van der Waals surface area contributed by atoms with Crippen LogP contribution in [-0.2, 0) is 0 Å². The zero-order valence-corrected chi connectivity index (χ0v) is 18.6. The number of allylic oxidation sites excluding steroid dienone is 4. The van der Waals surface area contributed by atoms with Gasteiger partial charge in [0.25, 0.3) is 0 Å². The van der Waals surface area contributed by atoms with Crippen molar-refractivity contribution in [2.24, 2.45) is 10.9 Å². The van der Waals surface area contributed by atoms with E-state index in [0.29, 0.717) is 5.92 Å². The fourth-order valence-corrected chi connectivity index (χ4v) is 4.40. The van der Waals surface area contributed by atoms with Gasteiger partial charge in [-0.05, 0) is 64.0 Å². The number of hydrogen-bond donors (Lipinski definition) is 2. The van der Waals surface area contributed by atoms with Crippen molar-refractivity contribution in [1.82, 2.24) is 15.2 Å². The van der Waals surface area contributed by atoms with E-state index in [0.717, 1.165) is 56.0 Å². The number of fused-ring (bicyclic) bond motifs is 1. The molecule has 1 aromatic carbocycles. The Balaban J connectivity index is 1.60. The van der Waals surface area contributed by atoms with E-state index in [4.69, 9.17) is 4.99 Å². The summed E-state index contributed by atoms with van der Waals surface area (Å²) in [4.78, 5) is 7.57. The van der Waals surface area contributed by atoms with Gasteiger partial charge in [-0.3, -0.25) is 0 Å². The molecule has 30 heavy (non-hydrogen) atoms. The van der Waals surface area contributed by atoms with E-state index in [1.807, 2.05) is 0 Å². The van der Waals surface area contributed by atoms with Crippen LogP contribution < -0.4 is 10.7 Å². The van der Waals surface area contributed by atoms with Gasteiger partial charge < -0.3 is 15.6 Å². The van der Waals surface area contributed by atoms with Gasteiger partial charge in [0.05, 0.1) is 5.69 Å². The van der Waals surface area contributed by atoms with E-state index in [1.54, 1.807) is 0 Å². The van der Waals surface area contributed by atoms with Crippen molar-refractivity contribution in [1.29, 1.82) is 0 Å². The summed E-state index contributed by atoms with van der Waals surface area (Å²) in [7, 11) is 2.05. The van der Waals surface area contributed by atoms with Crippen molar-refractivity contribution in [3.8, 4) is 0 Å². The smallest absolute Gasteiger partial charge is 0.148 e. The highest BCUT2D eigenvalue weighted by Gasteiger charge is 2.27. The first-order chi connectivity index (χ1) is 14.5. The molecule has 1 fully saturated rings. The fraction of sp³-hybridized carbons (Fsp3) is 0.480. The van der Waals surface area contributed by atoms with Gasteiger partial charge in [0.1, 0.15) is 12.0 Å². The Kier molecular flexibility index (Phi) is 6.28. The van der Waals surface area contributed by atoms with Crippen LogP contribution >= 0.6 is 0 Å². The molecule has 160 valence electrons. The van der Waals surface area contributed by atoms with Crippen molar-refractivity contribution >= 4 is 11.5 Å². The van der Waals surface area contributed by atoms with E-state index < -0.39 is 0 Å². The van der Waals surface area contributed by atoms with E-state index >= 15 is 0 Å². The highest BCUT2D eigenvalue weighted by Crippen LogP contribution is 2.35. The molecule has 5 nitrogen and oxygen atoms in total. The Morgan fingerprint density at radius 3 is 2.63 bits per heavy atom. The molecule has 0 aromatic heterocycles. The van der Waals surface area contributed by atoms with Crippen LogP contribution in [0.5, 0.6) is 0 Å². The van der Waals surface area contributed by atoms with Crippen LogP contribution in [0, 0.1) is 12.8 Å². The molecule has 2 aliphatic heterocycles. The number of amidine groups is 1. The third-order valence-electron chi connectivity index (χ3n) is 6.42. The van der Waals surface area contributed by atoms with Crippen molar-refractivity contribution in [3.63, 3.8) is 0 Å². The molecule has 0 saturated carbocycles. The lowest BCUT2D eigenvalue weighted by molar-refractivity contribution is 0.239. The number of likely N-dealkylation sites (tertiary alicyclic amines) is 1. The van der Waals surface area contributed by atoms with Crippen LogP contribution in [0.4, 0.5) is 5.69 Å². The van der Waals surface area contributed by atoms with Gasteiger partial charge in [-0.1, -0.05) is 36.4 Å². The Labute approximate surface area is 181 Å². The highest BCUT2D eigenvalue weighted by molar-refractivity contribution is 5.95. The zero-order chi connectivity index (χ0) is 21.1. The number of aryl methyl sites for hydroxylation is 1. The second kappa shape index (κ2) is 9.09. The predicted molar refractivity (Wildman–Crippen MR) is 126 cm³/mol. The molecule has 0 spiro atoms. The molecule has 4 rings (SSSR count). The number of rotatable bonds is 5. The SMILES string of the molecule is C=C(NC(/C=C(\C)N1CCC1)=N\C1c2cc(C)ccc2NN1C)C1CCC=CCC1. The molecule has 2 N–H and O–H groups in total. The maximum atomic E-state index is 5.17. The van der Waals surface area contributed by atoms with Crippen LogP contribution in [-0.4, -0.2) is 35.9 Å². The van der Waals surface area contributed by atoms with Gasteiger partial charge in [-0.2, -0.15) is 5.01 Å². The summed E-state index contributed by atoms with van der Waals surface area (Å²) in [6, 6.07) is 6.51. The topological polar surface area (TPSA) is 42.9 Å². The summed E-state index contributed by atoms with van der Waals surface area (Å²) in [6.07, 6.45) is 12.6. The molecule has 0 bridgehead atoms. The molecule has 1 saturated heterocycles. The van der Waals surface area contributed by atoms with Crippen molar-refractivity contribution in [2.45, 2.75) is 52.1 Å². The number of hydrogen-bond acceptors (Lipinski definition) is 4. The van der Waals surface area contributed by atoms with Crippen molar-refractivity contribution in [2.75, 3.05) is 25.6 Å². The van der Waals surface area contributed by atoms with Gasteiger partial charge in [0, 0.05) is 37.1 Å². The Morgan fingerprint density at radius 2 is 1.97 bits per heavy atom. The van der Waals surface area contributed by atoms with Crippen molar-refractivity contribution < 1.29 is 0 Å². The molecule has 5 heteroatoms. The van der Waals surface area contributed by atoms with Crippen LogP contribution in [0.3, 0.4) is 0 Å². The first-order valence-electron chi connectivity index (χ1n) is 11.2. The Bertz CT molecular complexity index is 868. The lowest BCUT2D eigenvalue weighted by Crippen LogP contribution is -2.36. The van der Waals surface area contributed by atoms with Gasteiger partial charge >= 0.3 is 0 Å². The minimum absolute atomic E-state index is 0.0635. The summed E-state index contributed by atoms with van der Waals surface area (Å²) in [5.74, 6) is 1.38. The summed E-state index contributed by atoms with van der Waals surface area (Å²) in [6.45, 7) is 11.0. The average molecular weight is 406 g/mol. The molecule has 2 heterocycles. The molecule has 0 amide bonds. The molecular formula is C25H35N5.